The van der Waals surface area contributed by atoms with Crippen molar-refractivity contribution in [2.75, 3.05) is 0 Å². The number of rotatable bonds is 3. The standard InChI is InChI=1S/C20H18N2O3/c1-12(2)21-16(13-8-4-3-5-9-13)17(20(21)25)22-18(23)14-10-6-7-11-15(14)19(22)24/h3-12,16-17H,1-2H3/t16-,17+/m0/s1. The Balaban J connectivity index is 1.76. The number of amides is 3. The molecule has 0 saturated carbocycles. The number of imide groups is 1. The Hall–Kier alpha value is -2.95. The number of fused-ring (bicyclic) bond motifs is 1. The van der Waals surface area contributed by atoms with E-state index in [1.54, 1.807) is 29.2 Å². The van der Waals surface area contributed by atoms with Crippen LogP contribution in [-0.4, -0.2) is 39.6 Å². The van der Waals surface area contributed by atoms with E-state index in [9.17, 15) is 14.4 Å². The number of β-lactam (4-membered cyclic amide) rings is 1. The maximum absolute atomic E-state index is 12.8. The number of hydrogen-bond acceptors (Lipinski definition) is 3. The van der Waals surface area contributed by atoms with Gasteiger partial charge in [0, 0.05) is 6.04 Å². The molecule has 0 bridgehead atoms. The summed E-state index contributed by atoms with van der Waals surface area (Å²) < 4.78 is 0. The van der Waals surface area contributed by atoms with Crippen LogP contribution in [0.4, 0.5) is 0 Å². The second kappa shape index (κ2) is 5.55. The topological polar surface area (TPSA) is 57.7 Å². The Bertz CT molecular complexity index is 841. The summed E-state index contributed by atoms with van der Waals surface area (Å²) in [6.07, 6.45) is 0. The van der Waals surface area contributed by atoms with Crippen molar-refractivity contribution in [1.82, 2.24) is 9.80 Å². The SMILES string of the molecule is CC(C)N1C(=O)[C@H](N2C(=O)c3ccccc3C2=O)[C@@H]1c1ccccc1. The number of hydrogen-bond donors (Lipinski definition) is 0. The molecular formula is C20H18N2O3. The third kappa shape index (κ3) is 2.12. The molecule has 1 saturated heterocycles. The molecule has 4 rings (SSSR count). The summed E-state index contributed by atoms with van der Waals surface area (Å²) in [6.45, 7) is 3.87. The van der Waals surface area contributed by atoms with E-state index in [0.717, 1.165) is 10.5 Å². The van der Waals surface area contributed by atoms with E-state index in [1.165, 1.54) is 0 Å². The van der Waals surface area contributed by atoms with Gasteiger partial charge in [-0.2, -0.15) is 0 Å². The molecule has 0 aromatic heterocycles. The van der Waals surface area contributed by atoms with Crippen molar-refractivity contribution >= 4 is 17.7 Å². The van der Waals surface area contributed by atoms with Crippen LogP contribution in [0.3, 0.4) is 0 Å². The highest BCUT2D eigenvalue weighted by molar-refractivity contribution is 6.23. The first-order valence-corrected chi connectivity index (χ1v) is 8.36. The van der Waals surface area contributed by atoms with Crippen molar-refractivity contribution in [3.8, 4) is 0 Å². The van der Waals surface area contributed by atoms with Gasteiger partial charge >= 0.3 is 0 Å². The highest BCUT2D eigenvalue weighted by Gasteiger charge is 2.57. The van der Waals surface area contributed by atoms with Gasteiger partial charge in [0.2, 0.25) is 5.91 Å². The maximum atomic E-state index is 12.8. The number of likely N-dealkylation sites (tertiary alicyclic amines) is 1. The zero-order chi connectivity index (χ0) is 17.7. The summed E-state index contributed by atoms with van der Waals surface area (Å²) in [7, 11) is 0. The highest BCUT2D eigenvalue weighted by Crippen LogP contribution is 2.42. The molecule has 0 radical (unpaired) electrons. The maximum Gasteiger partial charge on any atom is 0.262 e. The largest absolute Gasteiger partial charge is 0.329 e. The molecule has 1 fully saturated rings. The first-order chi connectivity index (χ1) is 12.0. The normalized spacial score (nSPS) is 22.4. The third-order valence-corrected chi connectivity index (χ3v) is 4.91. The average molecular weight is 334 g/mol. The Kier molecular flexibility index (Phi) is 3.46. The minimum absolute atomic E-state index is 0.0101. The molecular weight excluding hydrogens is 316 g/mol. The molecule has 25 heavy (non-hydrogen) atoms. The quantitative estimate of drug-likeness (QED) is 0.640. The molecule has 0 unspecified atom stereocenters. The molecule has 2 aliphatic heterocycles. The predicted molar refractivity (Wildman–Crippen MR) is 91.9 cm³/mol. The van der Waals surface area contributed by atoms with Gasteiger partial charge in [0.15, 0.2) is 0 Å². The lowest BCUT2D eigenvalue weighted by atomic mass is 9.86. The van der Waals surface area contributed by atoms with Gasteiger partial charge in [0.1, 0.15) is 6.04 Å². The van der Waals surface area contributed by atoms with Crippen molar-refractivity contribution in [2.45, 2.75) is 32.0 Å². The molecule has 3 amide bonds. The second-order valence-corrected chi connectivity index (χ2v) is 6.67. The summed E-state index contributed by atoms with van der Waals surface area (Å²) in [5, 5.41) is 0. The van der Waals surface area contributed by atoms with E-state index in [-0.39, 0.29) is 29.8 Å². The van der Waals surface area contributed by atoms with Crippen LogP contribution < -0.4 is 0 Å². The first-order valence-electron chi connectivity index (χ1n) is 8.36. The van der Waals surface area contributed by atoms with Crippen LogP contribution >= 0.6 is 0 Å². The molecule has 0 aliphatic carbocycles. The van der Waals surface area contributed by atoms with Gasteiger partial charge < -0.3 is 4.90 Å². The third-order valence-electron chi connectivity index (χ3n) is 4.91. The van der Waals surface area contributed by atoms with E-state index in [0.29, 0.717) is 11.1 Å². The summed E-state index contributed by atoms with van der Waals surface area (Å²) in [6, 6.07) is 15.2. The second-order valence-electron chi connectivity index (χ2n) is 6.67. The van der Waals surface area contributed by atoms with Crippen molar-refractivity contribution in [2.24, 2.45) is 0 Å². The molecule has 2 aromatic rings. The van der Waals surface area contributed by atoms with E-state index >= 15 is 0 Å². The molecule has 2 aliphatic rings. The monoisotopic (exact) mass is 334 g/mol. The Morgan fingerprint density at radius 1 is 0.760 bits per heavy atom. The Morgan fingerprint density at radius 2 is 1.28 bits per heavy atom. The van der Waals surface area contributed by atoms with Gasteiger partial charge in [-0.05, 0) is 31.5 Å². The first kappa shape index (κ1) is 15.6. The van der Waals surface area contributed by atoms with Gasteiger partial charge in [0.25, 0.3) is 11.8 Å². The number of carbonyl (C=O) groups excluding carboxylic acids is 3. The fourth-order valence-electron chi connectivity index (χ4n) is 3.78. The lowest BCUT2D eigenvalue weighted by molar-refractivity contribution is -0.159. The fraction of sp³-hybridized carbons (Fsp3) is 0.250. The molecule has 2 heterocycles. The molecule has 0 spiro atoms. The zero-order valence-electron chi connectivity index (χ0n) is 14.0. The van der Waals surface area contributed by atoms with Crippen LogP contribution in [0, 0.1) is 0 Å². The number of carbonyl (C=O) groups is 3. The lowest BCUT2D eigenvalue weighted by Crippen LogP contribution is -2.68. The minimum atomic E-state index is -0.780. The summed E-state index contributed by atoms with van der Waals surface area (Å²) in [4.78, 5) is 41.2. The van der Waals surface area contributed by atoms with Crippen LogP contribution in [0.25, 0.3) is 0 Å². The molecule has 2 aromatic carbocycles. The Labute approximate surface area is 145 Å². The number of benzene rings is 2. The fourth-order valence-corrected chi connectivity index (χ4v) is 3.78. The van der Waals surface area contributed by atoms with E-state index in [2.05, 4.69) is 0 Å². The zero-order valence-corrected chi connectivity index (χ0v) is 14.0. The van der Waals surface area contributed by atoms with E-state index in [1.807, 2.05) is 44.2 Å². The highest BCUT2D eigenvalue weighted by atomic mass is 16.2. The lowest BCUT2D eigenvalue weighted by Gasteiger charge is -2.51. The van der Waals surface area contributed by atoms with Crippen LogP contribution in [-0.2, 0) is 4.79 Å². The van der Waals surface area contributed by atoms with Crippen LogP contribution in [0.5, 0.6) is 0 Å². The van der Waals surface area contributed by atoms with Gasteiger partial charge in [-0.3, -0.25) is 19.3 Å². The molecule has 5 heteroatoms. The molecule has 5 nitrogen and oxygen atoms in total. The van der Waals surface area contributed by atoms with Crippen molar-refractivity contribution < 1.29 is 14.4 Å². The van der Waals surface area contributed by atoms with Crippen molar-refractivity contribution in [3.63, 3.8) is 0 Å². The van der Waals surface area contributed by atoms with E-state index < -0.39 is 6.04 Å². The molecule has 126 valence electrons. The summed E-state index contributed by atoms with van der Waals surface area (Å²) in [5.41, 5.74) is 1.67. The van der Waals surface area contributed by atoms with Crippen molar-refractivity contribution in [1.29, 1.82) is 0 Å². The van der Waals surface area contributed by atoms with Crippen LogP contribution in [0.15, 0.2) is 54.6 Å². The van der Waals surface area contributed by atoms with Gasteiger partial charge in [-0.1, -0.05) is 42.5 Å². The van der Waals surface area contributed by atoms with E-state index in [4.69, 9.17) is 0 Å². The molecule has 0 N–H and O–H groups in total. The Morgan fingerprint density at radius 3 is 1.80 bits per heavy atom. The average Bonchev–Trinajstić information content (AvgIpc) is 2.85. The minimum Gasteiger partial charge on any atom is -0.329 e. The van der Waals surface area contributed by atoms with Gasteiger partial charge in [-0.15, -0.1) is 0 Å². The predicted octanol–water partition coefficient (Wildman–Crippen LogP) is 2.64. The van der Waals surface area contributed by atoms with Crippen LogP contribution in [0.1, 0.15) is 46.2 Å². The molecule has 2 atom stereocenters. The number of nitrogens with zero attached hydrogens (tertiary/aromatic N) is 2. The smallest absolute Gasteiger partial charge is 0.262 e. The summed E-state index contributed by atoms with van der Waals surface area (Å²) in [5.74, 6) is -0.954. The van der Waals surface area contributed by atoms with Crippen molar-refractivity contribution in [3.05, 3.63) is 71.3 Å². The van der Waals surface area contributed by atoms with Gasteiger partial charge in [-0.25, -0.2) is 0 Å². The summed E-state index contributed by atoms with van der Waals surface area (Å²) >= 11 is 0. The van der Waals surface area contributed by atoms with Crippen LogP contribution in [0.2, 0.25) is 0 Å². The van der Waals surface area contributed by atoms with Gasteiger partial charge in [0.05, 0.1) is 17.2 Å².